The highest BCUT2D eigenvalue weighted by Gasteiger charge is 2.43. The minimum Gasteiger partial charge on any atom is -0.481 e. The van der Waals surface area contributed by atoms with Crippen molar-refractivity contribution in [2.75, 3.05) is 18.0 Å². The van der Waals surface area contributed by atoms with E-state index in [1.165, 1.54) is 0 Å². The molecule has 1 N–H and O–H groups in total. The van der Waals surface area contributed by atoms with Crippen molar-refractivity contribution in [3.05, 3.63) is 42.5 Å². The lowest BCUT2D eigenvalue weighted by atomic mass is 10.0. The van der Waals surface area contributed by atoms with E-state index in [4.69, 9.17) is 0 Å². The zero-order chi connectivity index (χ0) is 19.1. The molecule has 3 unspecified atom stereocenters. The number of hydrogen-bond donors (Lipinski definition) is 1. The molecular formula is C21H22N2O4. The summed E-state index contributed by atoms with van der Waals surface area (Å²) in [7, 11) is 0. The lowest BCUT2D eigenvalue weighted by Gasteiger charge is -2.26. The minimum absolute atomic E-state index is 0.0636. The Morgan fingerprint density at radius 2 is 1.85 bits per heavy atom. The van der Waals surface area contributed by atoms with Gasteiger partial charge in [0.2, 0.25) is 11.8 Å². The van der Waals surface area contributed by atoms with Crippen molar-refractivity contribution in [1.29, 1.82) is 0 Å². The maximum Gasteiger partial charge on any atom is 0.308 e. The molecular weight excluding hydrogens is 344 g/mol. The van der Waals surface area contributed by atoms with Gasteiger partial charge in [-0.25, -0.2) is 0 Å². The Bertz CT molecular complexity index is 920. The normalized spacial score (nSPS) is 25.4. The molecule has 3 atom stereocenters. The van der Waals surface area contributed by atoms with E-state index < -0.39 is 17.8 Å². The summed E-state index contributed by atoms with van der Waals surface area (Å²) >= 11 is 0. The fourth-order valence-corrected chi connectivity index (χ4v) is 4.36. The van der Waals surface area contributed by atoms with E-state index in [1.54, 1.807) is 16.7 Å². The summed E-state index contributed by atoms with van der Waals surface area (Å²) in [4.78, 5) is 40.3. The van der Waals surface area contributed by atoms with Crippen LogP contribution >= 0.6 is 0 Å². The second-order valence-corrected chi connectivity index (χ2v) is 7.41. The highest BCUT2D eigenvalue weighted by atomic mass is 16.4. The van der Waals surface area contributed by atoms with E-state index in [0.717, 1.165) is 16.5 Å². The van der Waals surface area contributed by atoms with Gasteiger partial charge < -0.3 is 14.9 Å². The molecule has 6 heteroatoms. The Morgan fingerprint density at radius 3 is 2.59 bits per heavy atom. The van der Waals surface area contributed by atoms with Gasteiger partial charge >= 0.3 is 5.97 Å². The Balaban J connectivity index is 1.56. The second kappa shape index (κ2) is 6.68. The summed E-state index contributed by atoms with van der Waals surface area (Å²) in [5, 5.41) is 11.3. The number of amides is 2. The number of aliphatic carboxylic acids is 1. The SMILES string of the molecule is CC1C(C(=O)O)CCN1C(=O)C1CC(=O)N(c2cccc3ccccc23)C1. The van der Waals surface area contributed by atoms with Crippen LogP contribution in [0.15, 0.2) is 42.5 Å². The molecule has 2 heterocycles. The molecule has 2 fully saturated rings. The van der Waals surface area contributed by atoms with E-state index >= 15 is 0 Å². The topological polar surface area (TPSA) is 77.9 Å². The quantitative estimate of drug-likeness (QED) is 0.905. The van der Waals surface area contributed by atoms with Crippen LogP contribution in [0.3, 0.4) is 0 Å². The number of fused-ring (bicyclic) bond motifs is 1. The standard InChI is InChI=1S/C21H22N2O4/c1-13-16(21(26)27)9-10-22(13)20(25)15-11-19(24)23(12-15)18-8-4-6-14-5-2-3-7-17(14)18/h2-8,13,15-16H,9-12H2,1H3,(H,26,27). The van der Waals surface area contributed by atoms with Gasteiger partial charge in [-0.05, 0) is 24.8 Å². The molecule has 2 aromatic rings. The van der Waals surface area contributed by atoms with Gasteiger partial charge in [0, 0.05) is 30.9 Å². The highest BCUT2D eigenvalue weighted by Crippen LogP contribution is 2.34. The van der Waals surface area contributed by atoms with E-state index in [-0.39, 0.29) is 24.3 Å². The van der Waals surface area contributed by atoms with Gasteiger partial charge in [0.15, 0.2) is 0 Å². The maximum absolute atomic E-state index is 13.0. The molecule has 2 amide bonds. The number of nitrogens with zero attached hydrogens (tertiary/aromatic N) is 2. The predicted octanol–water partition coefficient (Wildman–Crippen LogP) is 2.51. The number of carbonyl (C=O) groups excluding carboxylic acids is 2. The number of benzene rings is 2. The zero-order valence-electron chi connectivity index (χ0n) is 15.2. The molecule has 27 heavy (non-hydrogen) atoms. The van der Waals surface area contributed by atoms with Crippen LogP contribution in [0.1, 0.15) is 19.8 Å². The number of anilines is 1. The third-order valence-electron chi connectivity index (χ3n) is 5.89. The minimum atomic E-state index is -0.863. The van der Waals surface area contributed by atoms with Crippen LogP contribution in [-0.2, 0) is 14.4 Å². The number of carboxylic acid groups (broad SMARTS) is 1. The van der Waals surface area contributed by atoms with Crippen molar-refractivity contribution >= 4 is 34.2 Å². The van der Waals surface area contributed by atoms with Crippen molar-refractivity contribution in [3.8, 4) is 0 Å². The van der Waals surface area contributed by atoms with Crippen LogP contribution in [0.5, 0.6) is 0 Å². The molecule has 2 aromatic carbocycles. The molecule has 2 aliphatic rings. The number of rotatable bonds is 3. The number of carboxylic acids is 1. The fourth-order valence-electron chi connectivity index (χ4n) is 4.36. The summed E-state index contributed by atoms with van der Waals surface area (Å²) in [6, 6.07) is 13.4. The van der Waals surface area contributed by atoms with Crippen molar-refractivity contribution < 1.29 is 19.5 Å². The number of carbonyl (C=O) groups is 3. The zero-order valence-corrected chi connectivity index (χ0v) is 15.2. The summed E-state index contributed by atoms with van der Waals surface area (Å²) < 4.78 is 0. The van der Waals surface area contributed by atoms with Gasteiger partial charge in [-0.2, -0.15) is 0 Å². The van der Waals surface area contributed by atoms with Crippen LogP contribution < -0.4 is 4.90 Å². The highest BCUT2D eigenvalue weighted by molar-refractivity contribution is 6.07. The smallest absolute Gasteiger partial charge is 0.308 e. The first-order valence-electron chi connectivity index (χ1n) is 9.29. The molecule has 2 saturated heterocycles. The Morgan fingerprint density at radius 1 is 1.11 bits per heavy atom. The molecule has 140 valence electrons. The van der Waals surface area contributed by atoms with Gasteiger partial charge in [0.25, 0.3) is 0 Å². The third kappa shape index (κ3) is 2.95. The first-order valence-corrected chi connectivity index (χ1v) is 9.29. The van der Waals surface area contributed by atoms with E-state index in [2.05, 4.69) is 0 Å². The van der Waals surface area contributed by atoms with Gasteiger partial charge in [0.1, 0.15) is 0 Å². The fraction of sp³-hybridized carbons (Fsp3) is 0.381. The van der Waals surface area contributed by atoms with Crippen molar-refractivity contribution in [2.24, 2.45) is 11.8 Å². The van der Waals surface area contributed by atoms with Crippen molar-refractivity contribution in [1.82, 2.24) is 4.90 Å². The van der Waals surface area contributed by atoms with Crippen LogP contribution in [0.25, 0.3) is 10.8 Å². The van der Waals surface area contributed by atoms with Crippen LogP contribution in [0.4, 0.5) is 5.69 Å². The Hall–Kier alpha value is -2.89. The largest absolute Gasteiger partial charge is 0.481 e. The molecule has 0 aliphatic carbocycles. The van der Waals surface area contributed by atoms with E-state index in [9.17, 15) is 19.5 Å². The monoisotopic (exact) mass is 366 g/mol. The predicted molar refractivity (Wildman–Crippen MR) is 101 cm³/mol. The van der Waals surface area contributed by atoms with Gasteiger partial charge in [0.05, 0.1) is 17.5 Å². The maximum atomic E-state index is 13.0. The molecule has 0 saturated carbocycles. The van der Waals surface area contributed by atoms with Crippen molar-refractivity contribution in [3.63, 3.8) is 0 Å². The van der Waals surface area contributed by atoms with Crippen LogP contribution in [-0.4, -0.2) is 46.9 Å². The molecule has 6 nitrogen and oxygen atoms in total. The van der Waals surface area contributed by atoms with Gasteiger partial charge in [-0.3, -0.25) is 14.4 Å². The first-order chi connectivity index (χ1) is 13.0. The molecule has 4 rings (SSSR count). The lowest BCUT2D eigenvalue weighted by Crippen LogP contribution is -2.41. The number of likely N-dealkylation sites (tertiary alicyclic amines) is 1. The average molecular weight is 366 g/mol. The first kappa shape index (κ1) is 17.5. The number of hydrogen-bond acceptors (Lipinski definition) is 3. The average Bonchev–Trinajstić information content (AvgIpc) is 3.23. The Labute approximate surface area is 157 Å². The second-order valence-electron chi connectivity index (χ2n) is 7.41. The van der Waals surface area contributed by atoms with Crippen LogP contribution in [0, 0.1) is 11.8 Å². The molecule has 0 aromatic heterocycles. The van der Waals surface area contributed by atoms with E-state index in [0.29, 0.717) is 19.5 Å². The summed E-state index contributed by atoms with van der Waals surface area (Å²) in [5.41, 5.74) is 0.825. The third-order valence-corrected chi connectivity index (χ3v) is 5.89. The summed E-state index contributed by atoms with van der Waals surface area (Å²) in [6.45, 7) is 2.56. The molecule has 0 bridgehead atoms. The van der Waals surface area contributed by atoms with Crippen molar-refractivity contribution in [2.45, 2.75) is 25.8 Å². The van der Waals surface area contributed by atoms with E-state index in [1.807, 2.05) is 42.5 Å². The van der Waals surface area contributed by atoms with Crippen LogP contribution in [0.2, 0.25) is 0 Å². The van der Waals surface area contributed by atoms with Gasteiger partial charge in [-0.1, -0.05) is 36.4 Å². The molecule has 2 aliphatic heterocycles. The Kier molecular flexibility index (Phi) is 4.34. The summed E-state index contributed by atoms with van der Waals surface area (Å²) in [6.07, 6.45) is 0.638. The molecule has 0 radical (unpaired) electrons. The lowest BCUT2D eigenvalue weighted by molar-refractivity contribution is -0.143. The van der Waals surface area contributed by atoms with Gasteiger partial charge in [-0.15, -0.1) is 0 Å². The summed E-state index contributed by atoms with van der Waals surface area (Å²) in [5.74, 6) is -1.99. The molecule has 0 spiro atoms.